The molecule has 1 aromatic heterocycles. The Morgan fingerprint density at radius 1 is 1.12 bits per heavy atom. The standard InChI is InChI=1S/C22H24FN3O6S/c1-13(2)20-18(10-9-16(27)11-17(28)12-19(29)30)21(14-5-7-15(23)8-6-14)25-22(24-20)26(3)33(4,31)32/h5-10,13H,11-12H2,1-4H3,(H,29,30). The Labute approximate surface area is 191 Å². The van der Waals surface area contributed by atoms with Crippen LogP contribution < -0.4 is 4.31 Å². The number of ketones is 2. The highest BCUT2D eigenvalue weighted by atomic mass is 32.2. The van der Waals surface area contributed by atoms with Gasteiger partial charge in [0.2, 0.25) is 16.0 Å². The van der Waals surface area contributed by atoms with E-state index in [4.69, 9.17) is 5.11 Å². The number of rotatable bonds is 10. The summed E-state index contributed by atoms with van der Waals surface area (Å²) in [5.74, 6) is -3.46. The molecule has 9 nitrogen and oxygen atoms in total. The van der Waals surface area contributed by atoms with Gasteiger partial charge < -0.3 is 5.11 Å². The van der Waals surface area contributed by atoms with Gasteiger partial charge in [0.1, 0.15) is 12.2 Å². The van der Waals surface area contributed by atoms with Gasteiger partial charge in [-0.15, -0.1) is 0 Å². The lowest BCUT2D eigenvalue weighted by Gasteiger charge is -2.20. The molecule has 0 amide bonds. The molecule has 0 radical (unpaired) electrons. The number of hydrogen-bond acceptors (Lipinski definition) is 7. The van der Waals surface area contributed by atoms with Crippen LogP contribution in [0.3, 0.4) is 0 Å². The average Bonchev–Trinajstić information content (AvgIpc) is 2.70. The highest BCUT2D eigenvalue weighted by Crippen LogP contribution is 2.31. The van der Waals surface area contributed by atoms with Crippen molar-refractivity contribution in [2.75, 3.05) is 17.6 Å². The van der Waals surface area contributed by atoms with Gasteiger partial charge in [0.25, 0.3) is 0 Å². The van der Waals surface area contributed by atoms with Crippen LogP contribution in [0.4, 0.5) is 10.3 Å². The maximum absolute atomic E-state index is 13.5. The SMILES string of the molecule is CC(C)c1nc(N(C)S(C)(=O)=O)nc(-c2ccc(F)cc2)c1C=CC(=O)CC(=O)CC(=O)O. The molecule has 0 spiro atoms. The highest BCUT2D eigenvalue weighted by molar-refractivity contribution is 7.92. The van der Waals surface area contributed by atoms with E-state index in [1.54, 1.807) is 0 Å². The summed E-state index contributed by atoms with van der Waals surface area (Å²) in [4.78, 5) is 43.2. The minimum absolute atomic E-state index is 0.0966. The van der Waals surface area contributed by atoms with Crippen LogP contribution in [0.5, 0.6) is 0 Å². The highest BCUT2D eigenvalue weighted by Gasteiger charge is 2.22. The first-order chi connectivity index (χ1) is 15.3. The quantitative estimate of drug-likeness (QED) is 0.408. The maximum atomic E-state index is 13.5. The Kier molecular flexibility index (Phi) is 8.15. The number of anilines is 1. The summed E-state index contributed by atoms with van der Waals surface area (Å²) >= 11 is 0. The number of nitrogens with zero attached hydrogens (tertiary/aromatic N) is 3. The Hall–Kier alpha value is -3.47. The molecular formula is C22H24FN3O6S. The van der Waals surface area contributed by atoms with Gasteiger partial charge >= 0.3 is 5.97 Å². The summed E-state index contributed by atoms with van der Waals surface area (Å²) < 4.78 is 38.5. The van der Waals surface area contributed by atoms with E-state index in [0.717, 1.165) is 16.6 Å². The molecule has 0 saturated heterocycles. The first kappa shape index (κ1) is 25.8. The Morgan fingerprint density at radius 3 is 2.24 bits per heavy atom. The number of sulfonamides is 1. The van der Waals surface area contributed by atoms with Crippen molar-refractivity contribution in [2.45, 2.75) is 32.6 Å². The number of hydrogen-bond donors (Lipinski definition) is 1. The Morgan fingerprint density at radius 2 is 1.73 bits per heavy atom. The molecule has 0 aliphatic rings. The van der Waals surface area contributed by atoms with Crippen LogP contribution in [0.2, 0.25) is 0 Å². The molecule has 0 bridgehead atoms. The Bertz CT molecular complexity index is 1210. The molecule has 0 aliphatic carbocycles. The number of aromatic nitrogens is 2. The molecule has 1 N–H and O–H groups in total. The third-order valence-corrected chi connectivity index (χ3v) is 5.72. The van der Waals surface area contributed by atoms with Crippen LogP contribution in [-0.2, 0) is 24.4 Å². The van der Waals surface area contributed by atoms with Gasteiger partial charge in [0.05, 0.1) is 24.1 Å². The van der Waals surface area contributed by atoms with Gasteiger partial charge in [-0.05, 0) is 42.3 Å². The van der Waals surface area contributed by atoms with E-state index >= 15 is 0 Å². The molecule has 33 heavy (non-hydrogen) atoms. The number of carbonyl (C=O) groups is 3. The van der Waals surface area contributed by atoms with Gasteiger partial charge in [-0.3, -0.25) is 14.4 Å². The van der Waals surface area contributed by atoms with E-state index in [9.17, 15) is 27.2 Å². The zero-order valence-electron chi connectivity index (χ0n) is 18.6. The zero-order chi connectivity index (χ0) is 24.9. The van der Waals surface area contributed by atoms with Gasteiger partial charge in [0, 0.05) is 18.2 Å². The number of carboxylic acids is 1. The average molecular weight is 478 g/mol. The fraction of sp³-hybridized carbons (Fsp3) is 0.318. The minimum Gasteiger partial charge on any atom is -0.481 e. The first-order valence-corrected chi connectivity index (χ1v) is 11.7. The van der Waals surface area contributed by atoms with Crippen LogP contribution in [0.15, 0.2) is 30.3 Å². The molecule has 11 heteroatoms. The third kappa shape index (κ3) is 7.01. The Balaban J connectivity index is 2.64. The summed E-state index contributed by atoms with van der Waals surface area (Å²) in [5.41, 5.74) is 1.54. The number of carboxylic acid groups (broad SMARTS) is 1. The molecule has 0 unspecified atom stereocenters. The number of benzene rings is 1. The van der Waals surface area contributed by atoms with E-state index in [1.807, 2.05) is 13.8 Å². The fourth-order valence-corrected chi connectivity index (χ4v) is 3.23. The monoisotopic (exact) mass is 477 g/mol. The van der Waals surface area contributed by atoms with Gasteiger partial charge in [-0.2, -0.15) is 0 Å². The lowest BCUT2D eigenvalue weighted by atomic mass is 9.97. The van der Waals surface area contributed by atoms with Crippen molar-refractivity contribution in [3.05, 3.63) is 47.4 Å². The van der Waals surface area contributed by atoms with Crippen LogP contribution in [0.25, 0.3) is 17.3 Å². The van der Waals surface area contributed by atoms with E-state index in [-0.39, 0.29) is 17.6 Å². The van der Waals surface area contributed by atoms with Gasteiger partial charge in [-0.1, -0.05) is 13.8 Å². The van der Waals surface area contributed by atoms with Gasteiger partial charge in [-0.25, -0.2) is 27.1 Å². The van der Waals surface area contributed by atoms with E-state index in [2.05, 4.69) is 9.97 Å². The number of carbonyl (C=O) groups excluding carboxylic acids is 2. The van der Waals surface area contributed by atoms with Crippen molar-refractivity contribution in [3.63, 3.8) is 0 Å². The second-order valence-corrected chi connectivity index (χ2v) is 9.66. The largest absolute Gasteiger partial charge is 0.481 e. The van der Waals surface area contributed by atoms with Crippen molar-refractivity contribution in [3.8, 4) is 11.3 Å². The lowest BCUT2D eigenvalue weighted by molar-refractivity contribution is -0.140. The number of halogens is 1. The van der Waals surface area contributed by atoms with Crippen molar-refractivity contribution in [2.24, 2.45) is 0 Å². The summed E-state index contributed by atoms with van der Waals surface area (Å²) in [5, 5.41) is 8.67. The summed E-state index contributed by atoms with van der Waals surface area (Å²) in [6, 6.07) is 5.36. The predicted octanol–water partition coefficient (Wildman–Crippen LogP) is 2.82. The van der Waals surface area contributed by atoms with E-state index < -0.39 is 46.2 Å². The molecular weight excluding hydrogens is 453 g/mol. The van der Waals surface area contributed by atoms with Crippen molar-refractivity contribution in [1.82, 2.24) is 9.97 Å². The smallest absolute Gasteiger partial charge is 0.310 e. The van der Waals surface area contributed by atoms with Crippen molar-refractivity contribution >= 4 is 39.6 Å². The van der Waals surface area contributed by atoms with Crippen LogP contribution in [-0.4, -0.2) is 54.3 Å². The minimum atomic E-state index is -3.68. The molecule has 2 aromatic rings. The van der Waals surface area contributed by atoms with Gasteiger partial charge in [0.15, 0.2) is 11.6 Å². The molecule has 0 fully saturated rings. The summed E-state index contributed by atoms with van der Waals surface area (Å²) in [6.45, 7) is 3.63. The second-order valence-electron chi connectivity index (χ2n) is 7.65. The van der Waals surface area contributed by atoms with E-state index in [1.165, 1.54) is 37.4 Å². The van der Waals surface area contributed by atoms with Crippen LogP contribution >= 0.6 is 0 Å². The van der Waals surface area contributed by atoms with Crippen molar-refractivity contribution < 1.29 is 32.3 Å². The van der Waals surface area contributed by atoms with Crippen molar-refractivity contribution in [1.29, 1.82) is 0 Å². The van der Waals surface area contributed by atoms with E-state index in [0.29, 0.717) is 16.8 Å². The second kappa shape index (κ2) is 10.4. The zero-order valence-corrected chi connectivity index (χ0v) is 19.4. The summed E-state index contributed by atoms with van der Waals surface area (Å²) in [7, 11) is -2.37. The van der Waals surface area contributed by atoms with Crippen LogP contribution in [0.1, 0.15) is 43.9 Å². The maximum Gasteiger partial charge on any atom is 0.310 e. The number of allylic oxidation sites excluding steroid dienone is 1. The number of aliphatic carboxylic acids is 1. The predicted molar refractivity (Wildman–Crippen MR) is 121 cm³/mol. The molecule has 0 aliphatic heterocycles. The first-order valence-electron chi connectivity index (χ1n) is 9.85. The normalized spacial score (nSPS) is 11.7. The number of Topliss-reactive ketones (excluding diaryl/α,β-unsaturated/α-hetero) is 1. The lowest BCUT2D eigenvalue weighted by Crippen LogP contribution is -2.27. The fourth-order valence-electron chi connectivity index (χ4n) is 2.86. The molecule has 0 atom stereocenters. The molecule has 1 aromatic carbocycles. The third-order valence-electron chi connectivity index (χ3n) is 4.56. The molecule has 1 heterocycles. The molecule has 176 valence electrons. The summed E-state index contributed by atoms with van der Waals surface area (Å²) in [6.07, 6.45) is 2.18. The molecule has 0 saturated carbocycles. The molecule has 2 rings (SSSR count). The van der Waals surface area contributed by atoms with Crippen LogP contribution in [0, 0.1) is 5.82 Å². The topological polar surface area (TPSA) is 135 Å².